The lowest BCUT2D eigenvalue weighted by molar-refractivity contribution is -0.110. The van der Waals surface area contributed by atoms with E-state index in [9.17, 15) is 9.90 Å². The first-order chi connectivity index (χ1) is 12.2. The Labute approximate surface area is 146 Å². The van der Waals surface area contributed by atoms with Gasteiger partial charge in [0.1, 0.15) is 0 Å². The Bertz CT molecular complexity index is 873. The molecule has 1 aliphatic carbocycles. The van der Waals surface area contributed by atoms with Crippen molar-refractivity contribution in [2.75, 3.05) is 18.4 Å². The summed E-state index contributed by atoms with van der Waals surface area (Å²) in [5.74, 6) is 1.79. The maximum absolute atomic E-state index is 12.3. The van der Waals surface area contributed by atoms with Crippen molar-refractivity contribution in [3.63, 3.8) is 0 Å². The van der Waals surface area contributed by atoms with Gasteiger partial charge in [-0.3, -0.25) is 9.69 Å². The van der Waals surface area contributed by atoms with Gasteiger partial charge in [0, 0.05) is 42.8 Å². The summed E-state index contributed by atoms with van der Waals surface area (Å²) in [5.41, 5.74) is 5.30. The maximum Gasteiger partial charge on any atom is 0.256 e. The quantitative estimate of drug-likeness (QED) is 0.752. The average Bonchev–Trinajstić information content (AvgIpc) is 2.95. The van der Waals surface area contributed by atoms with E-state index in [4.69, 9.17) is 0 Å². The molecule has 1 amide bonds. The number of amides is 1. The second-order valence-corrected chi connectivity index (χ2v) is 7.46. The molecule has 1 saturated carbocycles. The second-order valence-electron chi connectivity index (χ2n) is 7.46. The van der Waals surface area contributed by atoms with Crippen molar-refractivity contribution in [2.45, 2.75) is 19.6 Å². The first kappa shape index (κ1) is 14.9. The highest BCUT2D eigenvalue weighted by Crippen LogP contribution is 2.45. The van der Waals surface area contributed by atoms with E-state index in [0.717, 1.165) is 40.9 Å². The van der Waals surface area contributed by atoms with Crippen molar-refractivity contribution in [1.29, 1.82) is 0 Å². The molecule has 2 aromatic rings. The van der Waals surface area contributed by atoms with Gasteiger partial charge < -0.3 is 15.4 Å². The summed E-state index contributed by atoms with van der Waals surface area (Å²) in [6.07, 6.45) is 5.35. The van der Waals surface area contributed by atoms with Gasteiger partial charge >= 0.3 is 0 Å². The van der Waals surface area contributed by atoms with Crippen LogP contribution < -0.4 is 5.32 Å². The minimum Gasteiger partial charge on any atom is -0.392 e. The average molecular weight is 335 g/mol. The fraction of sp³-hybridized carbons (Fsp3) is 0.350. The van der Waals surface area contributed by atoms with E-state index >= 15 is 0 Å². The van der Waals surface area contributed by atoms with Gasteiger partial charge in [0.05, 0.1) is 12.2 Å². The lowest BCUT2D eigenvalue weighted by atomic mass is 10.0. The van der Waals surface area contributed by atoms with Gasteiger partial charge in [-0.05, 0) is 53.7 Å². The molecule has 2 aliphatic heterocycles. The highest BCUT2D eigenvalue weighted by molar-refractivity contribution is 6.34. The smallest absolute Gasteiger partial charge is 0.256 e. The Balaban J connectivity index is 1.38. The number of rotatable bonds is 4. The Kier molecular flexibility index (Phi) is 3.33. The number of aliphatic hydroxyl groups excluding tert-OH is 1. The number of hydrogen-bond donors (Lipinski definition) is 3. The highest BCUT2D eigenvalue weighted by atomic mass is 16.3. The highest BCUT2D eigenvalue weighted by Gasteiger charge is 2.44. The molecule has 1 aromatic heterocycles. The summed E-state index contributed by atoms with van der Waals surface area (Å²) in [7, 11) is 0. The number of carbonyl (C=O) groups excluding carboxylic acids is 1. The minimum atomic E-state index is -0.0964. The van der Waals surface area contributed by atoms with Crippen LogP contribution in [0.2, 0.25) is 0 Å². The van der Waals surface area contributed by atoms with Gasteiger partial charge in [0.25, 0.3) is 5.91 Å². The summed E-state index contributed by atoms with van der Waals surface area (Å²) < 4.78 is 0. The first-order valence-corrected chi connectivity index (χ1v) is 8.86. The number of hydrogen-bond acceptors (Lipinski definition) is 3. The number of nitrogens with one attached hydrogen (secondary N) is 2. The Hall–Kier alpha value is -2.37. The van der Waals surface area contributed by atoms with Crippen LogP contribution in [0.4, 0.5) is 5.69 Å². The predicted molar refractivity (Wildman–Crippen MR) is 96.5 cm³/mol. The third-order valence-corrected chi connectivity index (χ3v) is 5.58. The standard InChI is InChI=1S/C20H21N3O2/c24-11-12-1-2-19-17(4-12)18(20(25)22-19)6-16-3-13(7-21-16)8-23-9-14-5-15(14)10-23/h1-4,6-7,14-15,21,24H,5,8-11H2,(H,22,25)/b18-6-/t14-,15+. The fourth-order valence-electron chi connectivity index (χ4n) is 4.15. The molecule has 128 valence electrons. The molecule has 0 radical (unpaired) electrons. The number of aromatic nitrogens is 1. The van der Waals surface area contributed by atoms with Gasteiger partial charge in [-0.15, -0.1) is 0 Å². The van der Waals surface area contributed by atoms with Crippen molar-refractivity contribution >= 4 is 23.2 Å². The third kappa shape index (κ3) is 2.69. The van der Waals surface area contributed by atoms with E-state index in [2.05, 4.69) is 21.3 Å². The number of H-pyrrole nitrogens is 1. The van der Waals surface area contributed by atoms with Gasteiger partial charge in [-0.2, -0.15) is 0 Å². The molecule has 3 aliphatic rings. The van der Waals surface area contributed by atoms with Crippen LogP contribution in [0.25, 0.3) is 11.6 Å². The van der Waals surface area contributed by atoms with Crippen LogP contribution in [0.5, 0.6) is 0 Å². The molecular formula is C20H21N3O2. The van der Waals surface area contributed by atoms with Gasteiger partial charge in [0.15, 0.2) is 0 Å². The molecule has 1 saturated heterocycles. The molecule has 3 heterocycles. The van der Waals surface area contributed by atoms with E-state index in [-0.39, 0.29) is 12.5 Å². The Morgan fingerprint density at radius 1 is 1.20 bits per heavy atom. The molecule has 2 fully saturated rings. The fourth-order valence-corrected chi connectivity index (χ4v) is 4.15. The number of fused-ring (bicyclic) bond motifs is 2. The number of benzene rings is 1. The summed E-state index contributed by atoms with van der Waals surface area (Å²) in [6, 6.07) is 7.67. The molecule has 2 atom stereocenters. The number of anilines is 1. The molecule has 5 nitrogen and oxygen atoms in total. The van der Waals surface area contributed by atoms with Crippen LogP contribution in [0, 0.1) is 11.8 Å². The van der Waals surface area contributed by atoms with Crippen LogP contribution in [-0.2, 0) is 17.9 Å². The summed E-state index contributed by atoms with van der Waals surface area (Å²) >= 11 is 0. The summed E-state index contributed by atoms with van der Waals surface area (Å²) in [5, 5.41) is 12.2. The largest absolute Gasteiger partial charge is 0.392 e. The number of nitrogens with zero attached hydrogens (tertiary/aromatic N) is 1. The maximum atomic E-state index is 12.3. The molecule has 0 spiro atoms. The molecule has 0 unspecified atom stereocenters. The monoisotopic (exact) mass is 335 g/mol. The number of piperidine rings is 1. The van der Waals surface area contributed by atoms with Crippen LogP contribution >= 0.6 is 0 Å². The Morgan fingerprint density at radius 2 is 2.04 bits per heavy atom. The SMILES string of the molecule is O=C1Nc2ccc(CO)cc2/C1=C/c1cc(CN2C[C@H]3C[C@H]3C2)c[nH]1. The predicted octanol–water partition coefficient (Wildman–Crippen LogP) is 2.45. The van der Waals surface area contributed by atoms with Crippen molar-refractivity contribution in [3.05, 3.63) is 52.8 Å². The van der Waals surface area contributed by atoms with Crippen molar-refractivity contribution in [1.82, 2.24) is 9.88 Å². The zero-order valence-electron chi connectivity index (χ0n) is 14.0. The van der Waals surface area contributed by atoms with E-state index in [1.54, 1.807) is 0 Å². The van der Waals surface area contributed by atoms with Gasteiger partial charge in [0.2, 0.25) is 0 Å². The number of aliphatic hydroxyl groups is 1. The summed E-state index contributed by atoms with van der Waals surface area (Å²) in [6.45, 7) is 3.40. The molecule has 0 bridgehead atoms. The van der Waals surface area contributed by atoms with Crippen LogP contribution in [0.15, 0.2) is 30.5 Å². The zero-order valence-corrected chi connectivity index (χ0v) is 14.0. The van der Waals surface area contributed by atoms with E-state index in [1.807, 2.05) is 30.5 Å². The number of carbonyl (C=O) groups is 1. The minimum absolute atomic E-state index is 0.0285. The molecule has 3 N–H and O–H groups in total. The molecular weight excluding hydrogens is 314 g/mol. The van der Waals surface area contributed by atoms with Crippen LogP contribution in [0.1, 0.15) is 28.8 Å². The first-order valence-electron chi connectivity index (χ1n) is 8.86. The van der Waals surface area contributed by atoms with Crippen LogP contribution in [0.3, 0.4) is 0 Å². The second kappa shape index (κ2) is 5.58. The number of aromatic amines is 1. The van der Waals surface area contributed by atoms with Crippen LogP contribution in [-0.4, -0.2) is 34.0 Å². The molecule has 5 rings (SSSR count). The third-order valence-electron chi connectivity index (χ3n) is 5.58. The van der Waals surface area contributed by atoms with E-state index in [1.165, 1.54) is 25.1 Å². The number of likely N-dealkylation sites (tertiary alicyclic amines) is 1. The summed E-state index contributed by atoms with van der Waals surface area (Å²) in [4.78, 5) is 18.1. The van der Waals surface area contributed by atoms with Crippen molar-refractivity contribution < 1.29 is 9.90 Å². The van der Waals surface area contributed by atoms with E-state index in [0.29, 0.717) is 5.57 Å². The lowest BCUT2D eigenvalue weighted by Crippen LogP contribution is -2.21. The van der Waals surface area contributed by atoms with Crippen molar-refractivity contribution in [3.8, 4) is 0 Å². The van der Waals surface area contributed by atoms with Gasteiger partial charge in [-0.25, -0.2) is 0 Å². The molecule has 25 heavy (non-hydrogen) atoms. The lowest BCUT2D eigenvalue weighted by Gasteiger charge is -2.15. The zero-order chi connectivity index (χ0) is 17.0. The topological polar surface area (TPSA) is 68.4 Å². The van der Waals surface area contributed by atoms with E-state index < -0.39 is 0 Å². The van der Waals surface area contributed by atoms with Crippen molar-refractivity contribution in [2.24, 2.45) is 11.8 Å². The van der Waals surface area contributed by atoms with Gasteiger partial charge in [-0.1, -0.05) is 6.07 Å². The molecule has 1 aromatic carbocycles. The molecule has 5 heteroatoms. The Morgan fingerprint density at radius 3 is 2.84 bits per heavy atom. The normalized spacial score (nSPS) is 26.0.